The molecule has 0 bridgehead atoms. The SMILES string of the molecule is CC(C)c1ccc(C(=O)Nc2ccc(N3CCCC3)cc2)cc1. The maximum atomic E-state index is 12.3. The van der Waals surface area contributed by atoms with Crippen LogP contribution in [0.25, 0.3) is 0 Å². The van der Waals surface area contributed by atoms with Crippen LogP contribution in [0.4, 0.5) is 11.4 Å². The van der Waals surface area contributed by atoms with E-state index in [9.17, 15) is 4.79 Å². The molecule has 2 aromatic carbocycles. The summed E-state index contributed by atoms with van der Waals surface area (Å²) in [5, 5.41) is 2.97. The minimum atomic E-state index is -0.0609. The minimum absolute atomic E-state index is 0.0609. The molecule has 120 valence electrons. The van der Waals surface area contributed by atoms with Crippen LogP contribution in [-0.4, -0.2) is 19.0 Å². The number of benzene rings is 2. The van der Waals surface area contributed by atoms with Crippen molar-refractivity contribution in [1.82, 2.24) is 0 Å². The third kappa shape index (κ3) is 3.73. The molecule has 0 radical (unpaired) electrons. The summed E-state index contributed by atoms with van der Waals surface area (Å²) >= 11 is 0. The molecule has 1 N–H and O–H groups in total. The first kappa shape index (κ1) is 15.6. The van der Waals surface area contributed by atoms with Gasteiger partial charge in [0, 0.05) is 30.0 Å². The Morgan fingerprint density at radius 1 is 0.957 bits per heavy atom. The molecule has 0 atom stereocenters. The number of nitrogens with one attached hydrogen (secondary N) is 1. The van der Waals surface area contributed by atoms with Crippen LogP contribution in [0.3, 0.4) is 0 Å². The summed E-state index contributed by atoms with van der Waals surface area (Å²) in [7, 11) is 0. The van der Waals surface area contributed by atoms with Gasteiger partial charge < -0.3 is 10.2 Å². The lowest BCUT2D eigenvalue weighted by Gasteiger charge is -2.17. The number of amides is 1. The second kappa shape index (κ2) is 6.86. The molecular weight excluding hydrogens is 284 g/mol. The van der Waals surface area contributed by atoms with Crippen LogP contribution < -0.4 is 10.2 Å². The Balaban J connectivity index is 1.65. The lowest BCUT2D eigenvalue weighted by Crippen LogP contribution is -2.17. The lowest BCUT2D eigenvalue weighted by atomic mass is 10.0. The molecule has 3 rings (SSSR count). The zero-order chi connectivity index (χ0) is 16.2. The number of carbonyl (C=O) groups excluding carboxylic acids is 1. The number of hydrogen-bond acceptors (Lipinski definition) is 2. The number of nitrogens with zero attached hydrogens (tertiary/aromatic N) is 1. The van der Waals surface area contributed by atoms with E-state index in [0.29, 0.717) is 11.5 Å². The first-order valence-corrected chi connectivity index (χ1v) is 8.40. The maximum absolute atomic E-state index is 12.3. The van der Waals surface area contributed by atoms with E-state index in [1.165, 1.54) is 24.1 Å². The fourth-order valence-corrected chi connectivity index (χ4v) is 2.95. The van der Waals surface area contributed by atoms with Crippen LogP contribution in [0.15, 0.2) is 48.5 Å². The largest absolute Gasteiger partial charge is 0.372 e. The van der Waals surface area contributed by atoms with Crippen molar-refractivity contribution in [3.8, 4) is 0 Å². The van der Waals surface area contributed by atoms with Gasteiger partial charge in [0.05, 0.1) is 0 Å². The molecule has 0 unspecified atom stereocenters. The molecule has 1 heterocycles. The topological polar surface area (TPSA) is 32.3 Å². The highest BCUT2D eigenvalue weighted by atomic mass is 16.1. The summed E-state index contributed by atoms with van der Waals surface area (Å²) in [6.07, 6.45) is 2.54. The molecule has 2 aromatic rings. The van der Waals surface area contributed by atoms with Gasteiger partial charge in [0.15, 0.2) is 0 Å². The average molecular weight is 308 g/mol. The van der Waals surface area contributed by atoms with Gasteiger partial charge in [-0.2, -0.15) is 0 Å². The van der Waals surface area contributed by atoms with Crippen LogP contribution in [0.2, 0.25) is 0 Å². The second-order valence-corrected chi connectivity index (χ2v) is 6.47. The first-order chi connectivity index (χ1) is 11.1. The van der Waals surface area contributed by atoms with E-state index in [1.54, 1.807) is 0 Å². The van der Waals surface area contributed by atoms with Crippen LogP contribution in [-0.2, 0) is 0 Å². The van der Waals surface area contributed by atoms with Gasteiger partial charge in [-0.25, -0.2) is 0 Å². The first-order valence-electron chi connectivity index (χ1n) is 8.40. The number of rotatable bonds is 4. The second-order valence-electron chi connectivity index (χ2n) is 6.47. The third-order valence-corrected chi connectivity index (χ3v) is 4.44. The Morgan fingerprint density at radius 2 is 1.57 bits per heavy atom. The fraction of sp³-hybridized carbons (Fsp3) is 0.350. The van der Waals surface area contributed by atoms with E-state index in [0.717, 1.165) is 18.8 Å². The van der Waals surface area contributed by atoms with Crippen molar-refractivity contribution in [2.24, 2.45) is 0 Å². The van der Waals surface area contributed by atoms with Gasteiger partial charge in [-0.3, -0.25) is 4.79 Å². The van der Waals surface area contributed by atoms with E-state index in [1.807, 2.05) is 36.4 Å². The van der Waals surface area contributed by atoms with Gasteiger partial charge in [-0.15, -0.1) is 0 Å². The molecular formula is C20H24N2O. The zero-order valence-electron chi connectivity index (χ0n) is 13.9. The summed E-state index contributed by atoms with van der Waals surface area (Å²) in [4.78, 5) is 14.7. The Hall–Kier alpha value is -2.29. The van der Waals surface area contributed by atoms with Crippen molar-refractivity contribution in [2.45, 2.75) is 32.6 Å². The summed E-state index contributed by atoms with van der Waals surface area (Å²) in [5.41, 5.74) is 4.02. The smallest absolute Gasteiger partial charge is 0.255 e. The van der Waals surface area contributed by atoms with E-state index in [2.05, 4.69) is 36.2 Å². The van der Waals surface area contributed by atoms with E-state index < -0.39 is 0 Å². The molecule has 1 saturated heterocycles. The molecule has 3 heteroatoms. The molecule has 3 nitrogen and oxygen atoms in total. The summed E-state index contributed by atoms with van der Waals surface area (Å²) in [6, 6.07) is 16.0. The van der Waals surface area contributed by atoms with Gasteiger partial charge in [0.25, 0.3) is 5.91 Å². The molecule has 1 fully saturated rings. The van der Waals surface area contributed by atoms with Crippen molar-refractivity contribution < 1.29 is 4.79 Å². The van der Waals surface area contributed by atoms with Crippen LogP contribution >= 0.6 is 0 Å². The molecule has 0 saturated carbocycles. The van der Waals surface area contributed by atoms with Crippen molar-refractivity contribution in [3.63, 3.8) is 0 Å². The highest BCUT2D eigenvalue weighted by molar-refractivity contribution is 6.04. The van der Waals surface area contributed by atoms with Crippen LogP contribution in [0, 0.1) is 0 Å². The van der Waals surface area contributed by atoms with E-state index >= 15 is 0 Å². The monoisotopic (exact) mass is 308 g/mol. The number of hydrogen-bond donors (Lipinski definition) is 1. The molecule has 1 amide bonds. The summed E-state index contributed by atoms with van der Waals surface area (Å²) in [5.74, 6) is 0.416. The average Bonchev–Trinajstić information content (AvgIpc) is 3.10. The standard InChI is InChI=1S/C20H24N2O/c1-15(2)16-5-7-17(8-6-16)20(23)21-18-9-11-19(12-10-18)22-13-3-4-14-22/h5-12,15H,3-4,13-14H2,1-2H3,(H,21,23). The highest BCUT2D eigenvalue weighted by Crippen LogP contribution is 2.22. The minimum Gasteiger partial charge on any atom is -0.372 e. The van der Waals surface area contributed by atoms with Gasteiger partial charge in [-0.05, 0) is 60.7 Å². The van der Waals surface area contributed by atoms with Gasteiger partial charge in [0.2, 0.25) is 0 Å². The number of carbonyl (C=O) groups is 1. The zero-order valence-corrected chi connectivity index (χ0v) is 13.9. The molecule has 1 aliphatic rings. The fourth-order valence-electron chi connectivity index (χ4n) is 2.95. The molecule has 23 heavy (non-hydrogen) atoms. The predicted octanol–water partition coefficient (Wildman–Crippen LogP) is 4.66. The van der Waals surface area contributed by atoms with Crippen molar-refractivity contribution in [3.05, 3.63) is 59.7 Å². The quantitative estimate of drug-likeness (QED) is 0.890. The Morgan fingerprint density at radius 3 is 2.13 bits per heavy atom. The van der Waals surface area contributed by atoms with Crippen LogP contribution in [0.5, 0.6) is 0 Å². The Bertz CT molecular complexity index is 653. The van der Waals surface area contributed by atoms with Gasteiger partial charge in [0.1, 0.15) is 0 Å². The Labute approximate surface area is 138 Å². The highest BCUT2D eigenvalue weighted by Gasteiger charge is 2.12. The lowest BCUT2D eigenvalue weighted by molar-refractivity contribution is 0.102. The van der Waals surface area contributed by atoms with Crippen molar-refractivity contribution >= 4 is 17.3 Å². The van der Waals surface area contributed by atoms with Crippen molar-refractivity contribution in [1.29, 1.82) is 0 Å². The molecule has 0 aliphatic carbocycles. The normalized spacial score (nSPS) is 14.3. The molecule has 0 spiro atoms. The summed E-state index contributed by atoms with van der Waals surface area (Å²) < 4.78 is 0. The third-order valence-electron chi connectivity index (χ3n) is 4.44. The number of anilines is 2. The van der Waals surface area contributed by atoms with Crippen molar-refractivity contribution in [2.75, 3.05) is 23.3 Å². The van der Waals surface area contributed by atoms with Crippen LogP contribution in [0.1, 0.15) is 48.5 Å². The predicted molar refractivity (Wildman–Crippen MR) is 96.4 cm³/mol. The molecule has 1 aliphatic heterocycles. The summed E-state index contributed by atoms with van der Waals surface area (Å²) in [6.45, 7) is 6.57. The van der Waals surface area contributed by atoms with E-state index in [-0.39, 0.29) is 5.91 Å². The van der Waals surface area contributed by atoms with Gasteiger partial charge in [-0.1, -0.05) is 26.0 Å². The van der Waals surface area contributed by atoms with E-state index in [4.69, 9.17) is 0 Å². The van der Waals surface area contributed by atoms with Gasteiger partial charge >= 0.3 is 0 Å². The maximum Gasteiger partial charge on any atom is 0.255 e. The Kier molecular flexibility index (Phi) is 4.65. The molecule has 0 aromatic heterocycles.